The fourth-order valence-electron chi connectivity index (χ4n) is 8.96. The number of hydrogen-bond donors (Lipinski definition) is 1. The molecule has 2 fully saturated rings. The molecule has 0 amide bonds. The first-order valence-electron chi connectivity index (χ1n) is 18.0. The molecular formula is C39H51F5O3S. The van der Waals surface area contributed by atoms with Crippen LogP contribution in [0, 0.1) is 23.2 Å². The number of halogens is 5. The summed E-state index contributed by atoms with van der Waals surface area (Å²) in [4.78, 5) is 12.8. The summed E-state index contributed by atoms with van der Waals surface area (Å²) in [5, 5.41) is 11.0. The Morgan fingerprint density at radius 3 is 2.31 bits per heavy atom. The summed E-state index contributed by atoms with van der Waals surface area (Å²) in [6.45, 7) is 2.31. The Labute approximate surface area is 286 Å². The average molecular weight is 695 g/mol. The van der Waals surface area contributed by atoms with E-state index in [1.807, 2.05) is 24.3 Å². The molecule has 0 aromatic heterocycles. The SMILES string of the molecule is C[C@]12CCC3c4ccc(OC(=O)c5ccccc5)cc4CC(CCCCCCCCCSCCCC(F)(F)C(F)(F)F)C3C1CC[C@@H]2O. The minimum absolute atomic E-state index is 0.00545. The van der Waals surface area contributed by atoms with E-state index in [4.69, 9.17) is 4.74 Å². The molecule has 0 heterocycles. The number of rotatable bonds is 16. The lowest BCUT2D eigenvalue weighted by molar-refractivity contribution is -0.284. The number of esters is 1. The summed E-state index contributed by atoms with van der Waals surface area (Å²) in [5.74, 6) is -1.12. The van der Waals surface area contributed by atoms with Crippen molar-refractivity contribution in [3.8, 4) is 5.75 Å². The van der Waals surface area contributed by atoms with Gasteiger partial charge in [0.1, 0.15) is 5.75 Å². The summed E-state index contributed by atoms with van der Waals surface area (Å²) in [7, 11) is 0. The first-order valence-corrected chi connectivity index (χ1v) is 19.2. The second-order valence-electron chi connectivity index (χ2n) is 14.7. The first-order chi connectivity index (χ1) is 22.9. The van der Waals surface area contributed by atoms with Crippen molar-refractivity contribution in [1.82, 2.24) is 0 Å². The lowest BCUT2D eigenvalue weighted by Gasteiger charge is -2.53. The lowest BCUT2D eigenvalue weighted by Crippen LogP contribution is -2.47. The number of hydrogen-bond acceptors (Lipinski definition) is 4. The van der Waals surface area contributed by atoms with E-state index < -0.39 is 18.5 Å². The van der Waals surface area contributed by atoms with Crippen molar-refractivity contribution in [3.05, 3.63) is 65.2 Å². The number of aliphatic hydroxyl groups is 1. The molecule has 0 aliphatic heterocycles. The molecule has 2 aromatic carbocycles. The standard InChI is InChI=1S/C39H51F5O3S/c1-37-22-20-32-31-17-16-30(47-36(46)27-13-9-7-10-14-27)26-29(31)25-28(35(32)33(37)18-19-34(37)45)15-8-5-3-2-4-6-11-23-48-24-12-21-38(40,41)39(42,43)44/h7,9-10,13-14,16-17,26,28,32-35,45H,2-6,8,11-12,15,18-25H2,1H3/t28?,32?,33?,34-,35?,37-/m0/s1. The van der Waals surface area contributed by atoms with Gasteiger partial charge in [0.2, 0.25) is 0 Å². The van der Waals surface area contributed by atoms with Crippen LogP contribution in [0.3, 0.4) is 0 Å². The van der Waals surface area contributed by atoms with E-state index in [2.05, 4.69) is 19.1 Å². The second-order valence-corrected chi connectivity index (χ2v) is 15.9. The van der Waals surface area contributed by atoms with Gasteiger partial charge in [0.25, 0.3) is 0 Å². The molecule has 48 heavy (non-hydrogen) atoms. The molecule has 0 spiro atoms. The predicted molar refractivity (Wildman–Crippen MR) is 182 cm³/mol. The van der Waals surface area contributed by atoms with Gasteiger partial charge in [-0.1, -0.05) is 69.7 Å². The van der Waals surface area contributed by atoms with Gasteiger partial charge in [0.15, 0.2) is 0 Å². The monoisotopic (exact) mass is 694 g/mol. The zero-order chi connectivity index (χ0) is 34.4. The quantitative estimate of drug-likeness (QED) is 0.0822. The number of thioether (sulfide) groups is 1. The Bertz CT molecular complexity index is 1330. The Kier molecular flexibility index (Phi) is 12.6. The molecule has 2 aromatic rings. The van der Waals surface area contributed by atoms with Crippen LogP contribution in [0.5, 0.6) is 5.75 Å². The van der Waals surface area contributed by atoms with Gasteiger partial charge < -0.3 is 9.84 Å². The van der Waals surface area contributed by atoms with Crippen molar-refractivity contribution in [3.63, 3.8) is 0 Å². The van der Waals surface area contributed by atoms with Gasteiger partial charge in [-0.3, -0.25) is 0 Å². The maximum Gasteiger partial charge on any atom is 0.453 e. The van der Waals surface area contributed by atoms with Gasteiger partial charge in [0, 0.05) is 6.42 Å². The fraction of sp³-hybridized carbons (Fsp3) is 0.667. The largest absolute Gasteiger partial charge is 0.453 e. The summed E-state index contributed by atoms with van der Waals surface area (Å²) in [5.41, 5.74) is 3.23. The molecule has 9 heteroatoms. The van der Waals surface area contributed by atoms with Gasteiger partial charge in [-0.05, 0) is 127 Å². The van der Waals surface area contributed by atoms with Crippen LogP contribution >= 0.6 is 11.8 Å². The van der Waals surface area contributed by atoms with Gasteiger partial charge in [-0.15, -0.1) is 0 Å². The third-order valence-corrected chi connectivity index (χ3v) is 12.8. The molecule has 1 N–H and O–H groups in total. The number of benzene rings is 2. The molecule has 0 bridgehead atoms. The van der Waals surface area contributed by atoms with Crippen LogP contribution in [0.2, 0.25) is 0 Å². The Balaban J connectivity index is 1.08. The van der Waals surface area contributed by atoms with Crippen molar-refractivity contribution in [2.24, 2.45) is 23.2 Å². The smallest absolute Gasteiger partial charge is 0.423 e. The van der Waals surface area contributed by atoms with Gasteiger partial charge in [-0.2, -0.15) is 33.7 Å². The first kappa shape index (κ1) is 37.1. The maximum absolute atomic E-state index is 13.0. The molecule has 5 rings (SSSR count). The number of aliphatic hydroxyl groups excluding tert-OH is 1. The van der Waals surface area contributed by atoms with Crippen LogP contribution in [0.15, 0.2) is 48.5 Å². The molecule has 266 valence electrons. The summed E-state index contributed by atoms with van der Waals surface area (Å²) < 4.78 is 68.6. The minimum Gasteiger partial charge on any atom is -0.423 e. The lowest BCUT2D eigenvalue weighted by atomic mass is 9.52. The van der Waals surface area contributed by atoms with Crippen molar-refractivity contribution in [1.29, 1.82) is 0 Å². The Hall–Kier alpha value is -2.13. The van der Waals surface area contributed by atoms with Crippen molar-refractivity contribution in [2.45, 2.75) is 127 Å². The Morgan fingerprint density at radius 2 is 1.58 bits per heavy atom. The molecule has 3 aliphatic carbocycles. The normalized spacial score (nSPS) is 26.9. The molecule has 6 atom stereocenters. The highest BCUT2D eigenvalue weighted by molar-refractivity contribution is 7.99. The van der Waals surface area contributed by atoms with E-state index in [1.54, 1.807) is 12.1 Å². The van der Waals surface area contributed by atoms with E-state index in [9.17, 15) is 31.9 Å². The molecule has 3 aliphatic rings. The highest BCUT2D eigenvalue weighted by Crippen LogP contribution is 2.62. The predicted octanol–water partition coefficient (Wildman–Crippen LogP) is 11.2. The van der Waals surface area contributed by atoms with E-state index in [1.165, 1.54) is 29.3 Å². The highest BCUT2D eigenvalue weighted by Gasteiger charge is 2.57. The minimum atomic E-state index is -5.45. The zero-order valence-corrected chi connectivity index (χ0v) is 28.9. The third-order valence-electron chi connectivity index (χ3n) is 11.6. The summed E-state index contributed by atoms with van der Waals surface area (Å²) in [6.07, 6.45) is 7.06. The van der Waals surface area contributed by atoms with E-state index in [0.717, 1.165) is 82.8 Å². The number of fused-ring (bicyclic) bond motifs is 5. The number of alkyl halides is 5. The number of carbonyl (C=O) groups excluding carboxylic acids is 1. The maximum atomic E-state index is 13.0. The van der Waals surface area contributed by atoms with Crippen LogP contribution in [-0.2, 0) is 6.42 Å². The molecule has 4 unspecified atom stereocenters. The summed E-state index contributed by atoms with van der Waals surface area (Å²) in [6, 6.07) is 15.3. The van der Waals surface area contributed by atoms with Crippen LogP contribution in [-0.4, -0.2) is 40.8 Å². The zero-order valence-electron chi connectivity index (χ0n) is 28.1. The van der Waals surface area contributed by atoms with E-state index >= 15 is 0 Å². The highest BCUT2D eigenvalue weighted by atomic mass is 32.2. The molecule has 0 radical (unpaired) electrons. The Morgan fingerprint density at radius 1 is 0.896 bits per heavy atom. The molecule has 2 saturated carbocycles. The van der Waals surface area contributed by atoms with Gasteiger partial charge >= 0.3 is 18.1 Å². The molecule has 0 saturated heterocycles. The van der Waals surface area contributed by atoms with E-state index in [-0.39, 0.29) is 23.9 Å². The summed E-state index contributed by atoms with van der Waals surface area (Å²) >= 11 is 1.46. The van der Waals surface area contributed by atoms with Crippen LogP contribution in [0.4, 0.5) is 22.0 Å². The average Bonchev–Trinajstić information content (AvgIpc) is 3.36. The van der Waals surface area contributed by atoms with Crippen molar-refractivity contribution in [2.75, 3.05) is 11.5 Å². The van der Waals surface area contributed by atoms with Crippen LogP contribution in [0.25, 0.3) is 0 Å². The van der Waals surface area contributed by atoms with Crippen molar-refractivity contribution < 1.29 is 36.6 Å². The third kappa shape index (κ3) is 8.77. The van der Waals surface area contributed by atoms with E-state index in [0.29, 0.717) is 40.7 Å². The van der Waals surface area contributed by atoms with Crippen molar-refractivity contribution >= 4 is 17.7 Å². The number of carbonyl (C=O) groups is 1. The molecular weight excluding hydrogens is 643 g/mol. The fourth-order valence-corrected chi connectivity index (χ4v) is 9.92. The second kappa shape index (κ2) is 16.3. The number of ether oxygens (including phenoxy) is 1. The number of unbranched alkanes of at least 4 members (excludes halogenated alkanes) is 6. The topological polar surface area (TPSA) is 46.5 Å². The molecule has 3 nitrogen and oxygen atoms in total. The van der Waals surface area contributed by atoms with Gasteiger partial charge in [0.05, 0.1) is 11.7 Å². The van der Waals surface area contributed by atoms with Gasteiger partial charge in [-0.25, -0.2) is 4.79 Å². The van der Waals surface area contributed by atoms with Crippen LogP contribution < -0.4 is 4.74 Å². The van der Waals surface area contributed by atoms with Crippen LogP contribution in [0.1, 0.15) is 124 Å².